The third kappa shape index (κ3) is 2.18. The van der Waals surface area contributed by atoms with Crippen LogP contribution < -0.4 is 4.74 Å². The molecular formula is C9H6F3NOS. The fourth-order valence-electron chi connectivity index (χ4n) is 1.08. The van der Waals surface area contributed by atoms with Crippen LogP contribution in [0.1, 0.15) is 11.1 Å². The van der Waals surface area contributed by atoms with Crippen molar-refractivity contribution in [2.45, 2.75) is 11.1 Å². The van der Waals surface area contributed by atoms with E-state index in [9.17, 15) is 13.2 Å². The van der Waals surface area contributed by atoms with Crippen molar-refractivity contribution in [2.24, 2.45) is 0 Å². The van der Waals surface area contributed by atoms with Crippen molar-refractivity contribution in [3.8, 4) is 11.8 Å². The van der Waals surface area contributed by atoms with Gasteiger partial charge in [0.2, 0.25) is 0 Å². The molecule has 80 valence electrons. The number of nitrogens with zero attached hydrogens (tertiary/aromatic N) is 1. The number of halogens is 3. The SMILES string of the molecule is COc1ccc(C(F)(F)F)c(S)c1C#N. The molecule has 6 heteroatoms. The van der Waals surface area contributed by atoms with E-state index in [1.807, 2.05) is 0 Å². The normalized spacial score (nSPS) is 10.9. The predicted molar refractivity (Wildman–Crippen MR) is 50.0 cm³/mol. The molecule has 0 saturated carbocycles. The number of ether oxygens (including phenoxy) is 1. The summed E-state index contributed by atoms with van der Waals surface area (Å²) in [5.74, 6) is 0.0792. The van der Waals surface area contributed by atoms with Crippen LogP contribution in [0.15, 0.2) is 17.0 Å². The number of benzene rings is 1. The van der Waals surface area contributed by atoms with Gasteiger partial charge in [0.15, 0.2) is 0 Å². The molecule has 15 heavy (non-hydrogen) atoms. The Balaban J connectivity index is 3.45. The largest absolute Gasteiger partial charge is 0.495 e. The van der Waals surface area contributed by atoms with E-state index in [1.54, 1.807) is 6.07 Å². The molecule has 0 N–H and O–H groups in total. The molecule has 0 saturated heterocycles. The predicted octanol–water partition coefficient (Wildman–Crippen LogP) is 2.87. The molecule has 0 aliphatic carbocycles. The second-order valence-corrected chi connectivity index (χ2v) is 3.10. The molecule has 0 amide bonds. The lowest BCUT2D eigenvalue weighted by atomic mass is 10.1. The zero-order valence-corrected chi connectivity index (χ0v) is 8.49. The van der Waals surface area contributed by atoms with Crippen molar-refractivity contribution in [1.82, 2.24) is 0 Å². The van der Waals surface area contributed by atoms with E-state index in [1.165, 1.54) is 7.11 Å². The van der Waals surface area contributed by atoms with Gasteiger partial charge in [-0.05, 0) is 12.1 Å². The smallest absolute Gasteiger partial charge is 0.417 e. The minimum absolute atomic E-state index is 0.0792. The van der Waals surface area contributed by atoms with Crippen molar-refractivity contribution < 1.29 is 17.9 Å². The van der Waals surface area contributed by atoms with Crippen molar-refractivity contribution in [2.75, 3.05) is 7.11 Å². The maximum Gasteiger partial charge on any atom is 0.417 e. The molecule has 0 aliphatic heterocycles. The Morgan fingerprint density at radius 1 is 1.40 bits per heavy atom. The molecule has 0 bridgehead atoms. The number of nitriles is 1. The van der Waals surface area contributed by atoms with Gasteiger partial charge in [0.25, 0.3) is 0 Å². The van der Waals surface area contributed by atoms with Gasteiger partial charge in [0.1, 0.15) is 17.4 Å². The van der Waals surface area contributed by atoms with Crippen LogP contribution in [0.4, 0.5) is 13.2 Å². The summed E-state index contributed by atoms with van der Waals surface area (Å²) in [4.78, 5) is -0.413. The molecule has 2 nitrogen and oxygen atoms in total. The van der Waals surface area contributed by atoms with Crippen LogP contribution in [-0.2, 0) is 6.18 Å². The van der Waals surface area contributed by atoms with E-state index in [4.69, 9.17) is 10.00 Å². The lowest BCUT2D eigenvalue weighted by Crippen LogP contribution is -2.07. The van der Waals surface area contributed by atoms with Gasteiger partial charge in [0.05, 0.1) is 12.7 Å². The summed E-state index contributed by atoms with van der Waals surface area (Å²) in [7, 11) is 1.27. The van der Waals surface area contributed by atoms with Crippen LogP contribution in [0, 0.1) is 11.3 Å². The lowest BCUT2D eigenvalue weighted by Gasteiger charge is -2.12. The molecule has 0 heterocycles. The Bertz CT molecular complexity index is 423. The van der Waals surface area contributed by atoms with Gasteiger partial charge in [-0.25, -0.2) is 0 Å². The molecule has 1 rings (SSSR count). The van der Waals surface area contributed by atoms with Crippen LogP contribution in [0.3, 0.4) is 0 Å². The summed E-state index contributed by atoms with van der Waals surface area (Å²) in [5.41, 5.74) is -1.15. The van der Waals surface area contributed by atoms with Crippen LogP contribution >= 0.6 is 12.6 Å². The molecule has 0 spiro atoms. The summed E-state index contributed by atoms with van der Waals surface area (Å²) in [6, 6.07) is 3.56. The van der Waals surface area contributed by atoms with Crippen LogP contribution in [0.5, 0.6) is 5.75 Å². The van der Waals surface area contributed by atoms with Crippen molar-refractivity contribution >= 4 is 12.6 Å². The van der Waals surface area contributed by atoms with E-state index >= 15 is 0 Å². The molecule has 0 unspecified atom stereocenters. The third-order valence-electron chi connectivity index (χ3n) is 1.78. The second kappa shape index (κ2) is 4.03. The van der Waals surface area contributed by atoms with Gasteiger partial charge in [-0.2, -0.15) is 18.4 Å². The van der Waals surface area contributed by atoms with E-state index in [0.717, 1.165) is 12.1 Å². The van der Waals surface area contributed by atoms with Gasteiger partial charge < -0.3 is 4.74 Å². The van der Waals surface area contributed by atoms with E-state index in [2.05, 4.69) is 12.6 Å². The van der Waals surface area contributed by atoms with Crippen molar-refractivity contribution in [3.63, 3.8) is 0 Å². The fraction of sp³-hybridized carbons (Fsp3) is 0.222. The van der Waals surface area contributed by atoms with E-state index in [0.29, 0.717) is 0 Å². The maximum atomic E-state index is 12.4. The second-order valence-electron chi connectivity index (χ2n) is 2.65. The highest BCUT2D eigenvalue weighted by Crippen LogP contribution is 2.38. The lowest BCUT2D eigenvalue weighted by molar-refractivity contribution is -0.139. The van der Waals surface area contributed by atoms with Gasteiger partial charge in [-0.1, -0.05) is 0 Å². The molecular weight excluding hydrogens is 227 g/mol. The Kier molecular flexibility index (Phi) is 3.15. The van der Waals surface area contributed by atoms with Crippen LogP contribution in [-0.4, -0.2) is 7.11 Å². The Morgan fingerprint density at radius 3 is 2.40 bits per heavy atom. The minimum atomic E-state index is -4.52. The number of alkyl halides is 3. The first kappa shape index (κ1) is 11.7. The summed E-state index contributed by atoms with van der Waals surface area (Å²) in [6.45, 7) is 0. The summed E-state index contributed by atoms with van der Waals surface area (Å²) < 4.78 is 42.0. The first-order valence-electron chi connectivity index (χ1n) is 3.79. The molecule has 1 aromatic carbocycles. The molecule has 0 radical (unpaired) electrons. The van der Waals surface area contributed by atoms with E-state index in [-0.39, 0.29) is 11.3 Å². The number of hydrogen-bond donors (Lipinski definition) is 1. The van der Waals surface area contributed by atoms with E-state index < -0.39 is 16.6 Å². The van der Waals surface area contributed by atoms with Gasteiger partial charge in [-0.15, -0.1) is 12.6 Å². The highest BCUT2D eigenvalue weighted by molar-refractivity contribution is 7.80. The Labute approximate surface area is 89.7 Å². The first-order valence-corrected chi connectivity index (χ1v) is 4.23. The minimum Gasteiger partial charge on any atom is -0.495 e. The van der Waals surface area contributed by atoms with Crippen molar-refractivity contribution in [1.29, 1.82) is 5.26 Å². The Hall–Kier alpha value is -1.35. The quantitative estimate of drug-likeness (QED) is 0.756. The van der Waals surface area contributed by atoms with Gasteiger partial charge in [0, 0.05) is 4.90 Å². The summed E-state index contributed by atoms with van der Waals surface area (Å²) >= 11 is 3.69. The summed E-state index contributed by atoms with van der Waals surface area (Å²) in [6.07, 6.45) is -4.52. The zero-order chi connectivity index (χ0) is 11.6. The third-order valence-corrected chi connectivity index (χ3v) is 2.24. The molecule has 0 aliphatic rings. The maximum absolute atomic E-state index is 12.4. The van der Waals surface area contributed by atoms with Crippen LogP contribution in [0.2, 0.25) is 0 Å². The highest BCUT2D eigenvalue weighted by Gasteiger charge is 2.34. The highest BCUT2D eigenvalue weighted by atomic mass is 32.1. The fourth-order valence-corrected chi connectivity index (χ4v) is 1.44. The molecule has 1 aromatic rings. The first-order chi connectivity index (χ1) is 6.91. The molecule has 0 fully saturated rings. The molecule has 0 aromatic heterocycles. The zero-order valence-electron chi connectivity index (χ0n) is 7.59. The monoisotopic (exact) mass is 233 g/mol. The number of rotatable bonds is 1. The average Bonchev–Trinajstić information content (AvgIpc) is 2.15. The number of methoxy groups -OCH3 is 1. The van der Waals surface area contributed by atoms with Crippen molar-refractivity contribution in [3.05, 3.63) is 23.3 Å². The standard InChI is InChI=1S/C9H6F3NOS/c1-14-7-3-2-6(9(10,11)12)8(15)5(7)4-13/h2-3,15H,1H3. The summed E-state index contributed by atoms with van der Waals surface area (Å²) in [5, 5.41) is 8.67. The molecule has 0 atom stereocenters. The van der Waals surface area contributed by atoms with Gasteiger partial charge >= 0.3 is 6.18 Å². The van der Waals surface area contributed by atoms with Crippen LogP contribution in [0.25, 0.3) is 0 Å². The number of hydrogen-bond acceptors (Lipinski definition) is 3. The number of thiol groups is 1. The van der Waals surface area contributed by atoms with Gasteiger partial charge in [-0.3, -0.25) is 0 Å². The average molecular weight is 233 g/mol. The Morgan fingerprint density at radius 2 is 2.00 bits per heavy atom. The topological polar surface area (TPSA) is 33.0 Å².